The Morgan fingerprint density at radius 3 is 2.61 bits per heavy atom. The van der Waals surface area contributed by atoms with Crippen molar-refractivity contribution in [3.05, 3.63) is 17.5 Å². The smallest absolute Gasteiger partial charge is 0.410 e. The first-order valence-electron chi connectivity index (χ1n) is 7.77. The molecule has 1 unspecified atom stereocenters. The summed E-state index contributed by atoms with van der Waals surface area (Å²) in [4.78, 5) is 25.3. The van der Waals surface area contributed by atoms with Gasteiger partial charge in [-0.15, -0.1) is 0 Å². The number of piperidine rings is 1. The zero-order chi connectivity index (χ0) is 17.4. The fraction of sp³-hybridized carbons (Fsp3) is 0.688. The molecular formula is C16H25N3O4. The number of nitrogens with zero attached hydrogens (tertiary/aromatic N) is 2. The van der Waals surface area contributed by atoms with Crippen LogP contribution in [-0.2, 0) is 4.74 Å². The minimum absolute atomic E-state index is 0.0109. The van der Waals surface area contributed by atoms with Crippen LogP contribution in [0.5, 0.6) is 0 Å². The molecule has 0 aliphatic carbocycles. The van der Waals surface area contributed by atoms with E-state index in [1.54, 1.807) is 4.90 Å². The van der Waals surface area contributed by atoms with Crippen LogP contribution < -0.4 is 0 Å². The molecule has 1 aromatic rings. The molecule has 1 aliphatic rings. The average molecular weight is 323 g/mol. The topological polar surface area (TPSA) is 95.5 Å². The highest BCUT2D eigenvalue weighted by Crippen LogP contribution is 2.39. The summed E-state index contributed by atoms with van der Waals surface area (Å²) < 4.78 is 5.51. The third-order valence-electron chi connectivity index (χ3n) is 3.87. The van der Waals surface area contributed by atoms with Gasteiger partial charge in [0.05, 0.1) is 11.7 Å². The summed E-state index contributed by atoms with van der Waals surface area (Å²) in [7, 11) is 0. The number of hydrogen-bond donors (Lipinski definition) is 2. The quantitative estimate of drug-likeness (QED) is 0.871. The lowest BCUT2D eigenvalue weighted by Crippen LogP contribution is -2.47. The van der Waals surface area contributed by atoms with Crippen LogP contribution in [0.3, 0.4) is 0 Å². The number of carbonyl (C=O) groups is 2. The van der Waals surface area contributed by atoms with Crippen molar-refractivity contribution in [2.75, 3.05) is 6.54 Å². The Hall–Kier alpha value is -2.05. The molecule has 1 saturated heterocycles. The second kappa shape index (κ2) is 5.86. The molecule has 1 fully saturated rings. The van der Waals surface area contributed by atoms with Gasteiger partial charge in [0.15, 0.2) is 5.69 Å². The molecule has 1 amide bonds. The zero-order valence-corrected chi connectivity index (χ0v) is 14.3. The highest BCUT2D eigenvalue weighted by Gasteiger charge is 2.39. The number of carboxylic acid groups (broad SMARTS) is 1. The van der Waals surface area contributed by atoms with E-state index >= 15 is 0 Å². The van der Waals surface area contributed by atoms with Crippen LogP contribution in [-0.4, -0.2) is 44.4 Å². The van der Waals surface area contributed by atoms with Crippen LogP contribution in [0, 0.1) is 5.41 Å². The van der Waals surface area contributed by atoms with Crippen molar-refractivity contribution >= 4 is 12.1 Å². The molecule has 0 bridgehead atoms. The molecule has 23 heavy (non-hydrogen) atoms. The summed E-state index contributed by atoms with van der Waals surface area (Å²) in [6.07, 6.45) is 1.27. The van der Waals surface area contributed by atoms with Crippen LogP contribution in [0.15, 0.2) is 6.07 Å². The Bertz CT molecular complexity index is 601. The summed E-state index contributed by atoms with van der Waals surface area (Å²) in [5.74, 6) is -1.09. The van der Waals surface area contributed by atoms with E-state index in [9.17, 15) is 9.59 Å². The van der Waals surface area contributed by atoms with E-state index in [0.29, 0.717) is 12.2 Å². The van der Waals surface area contributed by atoms with Gasteiger partial charge in [0.25, 0.3) is 0 Å². The maximum Gasteiger partial charge on any atom is 0.410 e. The fourth-order valence-corrected chi connectivity index (χ4v) is 2.79. The molecule has 1 aromatic heterocycles. The minimum Gasteiger partial charge on any atom is -0.476 e. The van der Waals surface area contributed by atoms with Gasteiger partial charge in [-0.05, 0) is 45.1 Å². The highest BCUT2D eigenvalue weighted by atomic mass is 16.6. The third kappa shape index (κ3) is 4.24. The number of carboxylic acids is 1. The van der Waals surface area contributed by atoms with Crippen molar-refractivity contribution in [3.8, 4) is 0 Å². The van der Waals surface area contributed by atoms with Gasteiger partial charge in [0.1, 0.15) is 5.60 Å². The van der Waals surface area contributed by atoms with Gasteiger partial charge in [-0.25, -0.2) is 9.59 Å². The number of hydrogen-bond acceptors (Lipinski definition) is 4. The van der Waals surface area contributed by atoms with Crippen LogP contribution in [0.25, 0.3) is 0 Å². The van der Waals surface area contributed by atoms with E-state index in [4.69, 9.17) is 9.84 Å². The monoisotopic (exact) mass is 323 g/mol. The predicted molar refractivity (Wildman–Crippen MR) is 84.2 cm³/mol. The van der Waals surface area contributed by atoms with Gasteiger partial charge >= 0.3 is 12.1 Å². The normalized spacial score (nSPS) is 21.1. The predicted octanol–water partition coefficient (Wildman–Crippen LogP) is 3.21. The molecule has 0 radical (unpaired) electrons. The molecule has 1 atom stereocenters. The second-order valence-corrected chi connectivity index (χ2v) is 7.84. The van der Waals surface area contributed by atoms with Crippen LogP contribution in [0.4, 0.5) is 4.79 Å². The van der Waals surface area contributed by atoms with Gasteiger partial charge in [-0.1, -0.05) is 13.8 Å². The van der Waals surface area contributed by atoms with Crippen molar-refractivity contribution in [2.45, 2.75) is 59.1 Å². The molecular weight excluding hydrogens is 298 g/mol. The molecule has 128 valence electrons. The lowest BCUT2D eigenvalue weighted by molar-refractivity contribution is -0.00862. The molecule has 1 aliphatic heterocycles. The van der Waals surface area contributed by atoms with Crippen molar-refractivity contribution < 1.29 is 19.4 Å². The Balaban J connectivity index is 2.27. The first-order valence-corrected chi connectivity index (χ1v) is 7.77. The molecule has 0 saturated carbocycles. The van der Waals surface area contributed by atoms with Crippen molar-refractivity contribution in [1.82, 2.24) is 15.1 Å². The highest BCUT2D eigenvalue weighted by molar-refractivity contribution is 5.85. The number of carbonyl (C=O) groups excluding carboxylic acids is 1. The summed E-state index contributed by atoms with van der Waals surface area (Å²) in [5, 5.41) is 15.6. The number of H-pyrrole nitrogens is 1. The number of aromatic carboxylic acids is 1. The van der Waals surface area contributed by atoms with Crippen LogP contribution >= 0.6 is 0 Å². The van der Waals surface area contributed by atoms with E-state index in [0.717, 1.165) is 12.8 Å². The summed E-state index contributed by atoms with van der Waals surface area (Å²) in [6.45, 7) is 10.2. The Kier molecular flexibility index (Phi) is 4.41. The summed E-state index contributed by atoms with van der Waals surface area (Å²) >= 11 is 0. The first-order chi connectivity index (χ1) is 10.5. The Morgan fingerprint density at radius 2 is 2.09 bits per heavy atom. The SMILES string of the molecule is CC1(C)CCC(c2cc(C(=O)O)n[nH]2)N(C(=O)OC(C)(C)C)C1. The van der Waals surface area contributed by atoms with Crippen LogP contribution in [0.2, 0.25) is 0 Å². The lowest BCUT2D eigenvalue weighted by atomic mass is 9.80. The summed E-state index contributed by atoms with van der Waals surface area (Å²) in [6, 6.07) is 1.24. The molecule has 2 rings (SSSR count). The van der Waals surface area contributed by atoms with E-state index in [-0.39, 0.29) is 23.2 Å². The number of aromatic nitrogens is 2. The Labute approximate surface area is 136 Å². The molecule has 2 heterocycles. The van der Waals surface area contributed by atoms with Gasteiger partial charge in [-0.2, -0.15) is 5.10 Å². The average Bonchev–Trinajstić information content (AvgIpc) is 2.85. The molecule has 7 heteroatoms. The molecule has 7 nitrogen and oxygen atoms in total. The number of amides is 1. The van der Waals surface area contributed by atoms with Crippen molar-refractivity contribution in [2.24, 2.45) is 5.41 Å². The largest absolute Gasteiger partial charge is 0.476 e. The van der Waals surface area contributed by atoms with Crippen molar-refractivity contribution in [3.63, 3.8) is 0 Å². The van der Waals surface area contributed by atoms with E-state index in [2.05, 4.69) is 24.0 Å². The molecule has 0 spiro atoms. The van der Waals surface area contributed by atoms with Crippen LogP contribution in [0.1, 0.15) is 69.7 Å². The summed E-state index contributed by atoms with van der Waals surface area (Å²) in [5.41, 5.74) is -0.00955. The van der Waals surface area contributed by atoms with Gasteiger partial charge < -0.3 is 9.84 Å². The first kappa shape index (κ1) is 17.3. The maximum atomic E-state index is 12.6. The van der Waals surface area contributed by atoms with E-state index in [1.807, 2.05) is 20.8 Å². The number of likely N-dealkylation sites (tertiary alicyclic amines) is 1. The Morgan fingerprint density at radius 1 is 1.43 bits per heavy atom. The standard InChI is InChI=1S/C16H25N3O4/c1-15(2,3)23-14(22)19-9-16(4,5)7-6-12(19)10-8-11(13(20)21)18-17-10/h8,12H,6-7,9H2,1-5H3,(H,17,18)(H,20,21). The number of rotatable bonds is 2. The fourth-order valence-electron chi connectivity index (χ4n) is 2.79. The van der Waals surface area contributed by atoms with Gasteiger partial charge in [0.2, 0.25) is 0 Å². The zero-order valence-electron chi connectivity index (χ0n) is 14.3. The third-order valence-corrected chi connectivity index (χ3v) is 3.87. The minimum atomic E-state index is -1.09. The number of aromatic amines is 1. The lowest BCUT2D eigenvalue weighted by Gasteiger charge is -2.43. The second-order valence-electron chi connectivity index (χ2n) is 7.84. The molecule has 2 N–H and O–H groups in total. The van der Waals surface area contributed by atoms with Crippen molar-refractivity contribution in [1.29, 1.82) is 0 Å². The maximum absolute atomic E-state index is 12.6. The van der Waals surface area contributed by atoms with Gasteiger partial charge in [0, 0.05) is 6.54 Å². The van der Waals surface area contributed by atoms with Gasteiger partial charge in [-0.3, -0.25) is 10.00 Å². The van der Waals surface area contributed by atoms with E-state index in [1.165, 1.54) is 6.07 Å². The number of ether oxygens (including phenoxy) is 1. The molecule has 0 aromatic carbocycles. The van der Waals surface area contributed by atoms with E-state index < -0.39 is 11.6 Å². The number of nitrogens with one attached hydrogen (secondary N) is 1.